The highest BCUT2D eigenvalue weighted by atomic mass is 79.9. The number of fused-ring (bicyclic) bond motifs is 1. The summed E-state index contributed by atoms with van der Waals surface area (Å²) in [5.41, 5.74) is 3.27. The van der Waals surface area contributed by atoms with Crippen LogP contribution in [0.4, 0.5) is 4.79 Å². The molecule has 6 heteroatoms. The van der Waals surface area contributed by atoms with Gasteiger partial charge in [-0.2, -0.15) is 0 Å². The first-order valence-corrected chi connectivity index (χ1v) is 7.02. The van der Waals surface area contributed by atoms with Crippen LogP contribution in [0.2, 0.25) is 0 Å². The van der Waals surface area contributed by atoms with Crippen LogP contribution in [0.3, 0.4) is 0 Å². The molecule has 20 heavy (non-hydrogen) atoms. The lowest BCUT2D eigenvalue weighted by Gasteiger charge is -2.24. The van der Waals surface area contributed by atoms with Crippen molar-refractivity contribution in [3.05, 3.63) is 40.6 Å². The standard InChI is InChI=1S/C14H12BrN3O2/c15-10-3-4-11-12(6-10)17-13(7-16-11)9-2-1-5-18(8-9)14(19)20/h2-4,6-7H,1,5,8H2,(H,19,20). The summed E-state index contributed by atoms with van der Waals surface area (Å²) < 4.78 is 0.946. The zero-order chi connectivity index (χ0) is 14.1. The van der Waals surface area contributed by atoms with E-state index >= 15 is 0 Å². The van der Waals surface area contributed by atoms with Crippen LogP contribution >= 0.6 is 15.9 Å². The molecule has 2 heterocycles. The highest BCUT2D eigenvalue weighted by molar-refractivity contribution is 9.10. The van der Waals surface area contributed by atoms with Crippen LogP contribution in [0.25, 0.3) is 16.6 Å². The molecule has 2 aromatic rings. The second kappa shape index (κ2) is 5.20. The fourth-order valence-corrected chi connectivity index (χ4v) is 2.58. The Kier molecular flexibility index (Phi) is 3.40. The summed E-state index contributed by atoms with van der Waals surface area (Å²) in [4.78, 5) is 21.4. The number of nitrogens with zero attached hydrogens (tertiary/aromatic N) is 3. The molecule has 0 saturated heterocycles. The lowest BCUT2D eigenvalue weighted by molar-refractivity contribution is 0.150. The van der Waals surface area contributed by atoms with Crippen LogP contribution in [-0.2, 0) is 0 Å². The number of rotatable bonds is 1. The van der Waals surface area contributed by atoms with Crippen molar-refractivity contribution in [3.63, 3.8) is 0 Å². The van der Waals surface area contributed by atoms with E-state index in [0.29, 0.717) is 19.5 Å². The van der Waals surface area contributed by atoms with E-state index in [1.165, 1.54) is 4.90 Å². The van der Waals surface area contributed by atoms with Crippen LogP contribution < -0.4 is 0 Å². The Balaban J connectivity index is 1.97. The van der Waals surface area contributed by atoms with Crippen LogP contribution in [0.1, 0.15) is 12.1 Å². The minimum absolute atomic E-state index is 0.365. The highest BCUT2D eigenvalue weighted by Crippen LogP contribution is 2.22. The van der Waals surface area contributed by atoms with Gasteiger partial charge in [0, 0.05) is 11.0 Å². The SMILES string of the molecule is O=C(O)N1CCC=C(c2cnc3ccc(Br)cc3n2)C1. The number of hydrogen-bond acceptors (Lipinski definition) is 3. The van der Waals surface area contributed by atoms with Gasteiger partial charge in [-0.25, -0.2) is 9.78 Å². The highest BCUT2D eigenvalue weighted by Gasteiger charge is 2.19. The van der Waals surface area contributed by atoms with Crippen molar-refractivity contribution in [2.24, 2.45) is 0 Å². The number of halogens is 1. The van der Waals surface area contributed by atoms with Crippen molar-refractivity contribution in [1.82, 2.24) is 14.9 Å². The first kappa shape index (κ1) is 13.1. The largest absolute Gasteiger partial charge is 0.465 e. The van der Waals surface area contributed by atoms with Gasteiger partial charge in [-0.1, -0.05) is 22.0 Å². The second-order valence-electron chi connectivity index (χ2n) is 4.61. The van der Waals surface area contributed by atoms with E-state index in [1.54, 1.807) is 6.20 Å². The van der Waals surface area contributed by atoms with E-state index in [9.17, 15) is 4.79 Å². The van der Waals surface area contributed by atoms with Gasteiger partial charge in [0.1, 0.15) is 0 Å². The number of aromatic nitrogens is 2. The fraction of sp³-hybridized carbons (Fsp3) is 0.214. The number of hydrogen-bond donors (Lipinski definition) is 1. The Hall–Kier alpha value is -1.95. The summed E-state index contributed by atoms with van der Waals surface area (Å²) in [5, 5.41) is 9.07. The average Bonchev–Trinajstić information content (AvgIpc) is 2.46. The zero-order valence-corrected chi connectivity index (χ0v) is 12.2. The van der Waals surface area contributed by atoms with Crippen molar-refractivity contribution >= 4 is 38.6 Å². The quantitative estimate of drug-likeness (QED) is 0.870. The first-order chi connectivity index (χ1) is 9.63. The van der Waals surface area contributed by atoms with Crippen LogP contribution in [-0.4, -0.2) is 39.2 Å². The Bertz CT molecular complexity index is 715. The molecule has 102 valence electrons. The summed E-state index contributed by atoms with van der Waals surface area (Å²) in [6, 6.07) is 5.72. The Morgan fingerprint density at radius 3 is 3.00 bits per heavy atom. The molecule has 1 aliphatic rings. The normalized spacial score (nSPS) is 15.2. The maximum absolute atomic E-state index is 11.0. The van der Waals surface area contributed by atoms with E-state index in [4.69, 9.17) is 5.11 Å². The monoisotopic (exact) mass is 333 g/mol. The molecule has 0 spiro atoms. The zero-order valence-electron chi connectivity index (χ0n) is 10.6. The predicted molar refractivity (Wildman–Crippen MR) is 79.4 cm³/mol. The molecule has 0 bridgehead atoms. The molecule has 0 radical (unpaired) electrons. The molecule has 0 aliphatic carbocycles. The van der Waals surface area contributed by atoms with E-state index < -0.39 is 6.09 Å². The lowest BCUT2D eigenvalue weighted by Crippen LogP contribution is -2.34. The van der Waals surface area contributed by atoms with Crippen LogP contribution in [0.5, 0.6) is 0 Å². The fourth-order valence-electron chi connectivity index (χ4n) is 2.23. The molecule has 1 N–H and O–H groups in total. The van der Waals surface area contributed by atoms with Crippen LogP contribution in [0.15, 0.2) is 34.9 Å². The topological polar surface area (TPSA) is 66.3 Å². The van der Waals surface area contributed by atoms with Crippen LogP contribution in [0, 0.1) is 0 Å². The molecule has 1 aromatic carbocycles. The van der Waals surface area contributed by atoms with Gasteiger partial charge in [-0.15, -0.1) is 0 Å². The summed E-state index contributed by atoms with van der Waals surface area (Å²) in [6.07, 6.45) is 3.55. The Labute approximate surface area is 124 Å². The lowest BCUT2D eigenvalue weighted by atomic mass is 10.1. The summed E-state index contributed by atoms with van der Waals surface area (Å²) >= 11 is 3.41. The van der Waals surface area contributed by atoms with Gasteiger partial charge >= 0.3 is 6.09 Å². The summed E-state index contributed by atoms with van der Waals surface area (Å²) in [6.45, 7) is 0.898. The first-order valence-electron chi connectivity index (χ1n) is 6.23. The average molecular weight is 334 g/mol. The molecule has 0 saturated carbocycles. The Morgan fingerprint density at radius 1 is 1.35 bits per heavy atom. The van der Waals surface area contributed by atoms with E-state index in [0.717, 1.165) is 26.8 Å². The van der Waals surface area contributed by atoms with Gasteiger partial charge in [-0.3, -0.25) is 4.98 Å². The van der Waals surface area contributed by atoms with Crippen molar-refractivity contribution < 1.29 is 9.90 Å². The third kappa shape index (κ3) is 2.51. The number of amides is 1. The third-order valence-corrected chi connectivity index (χ3v) is 3.75. The second-order valence-corrected chi connectivity index (χ2v) is 5.53. The van der Waals surface area contributed by atoms with Gasteiger partial charge in [-0.05, 0) is 30.2 Å². The number of benzene rings is 1. The number of carbonyl (C=O) groups is 1. The molecule has 1 aromatic heterocycles. The molecular weight excluding hydrogens is 322 g/mol. The van der Waals surface area contributed by atoms with E-state index in [-0.39, 0.29) is 0 Å². The predicted octanol–water partition coefficient (Wildman–Crippen LogP) is 3.16. The summed E-state index contributed by atoms with van der Waals surface area (Å²) in [5.74, 6) is 0. The molecular formula is C14H12BrN3O2. The van der Waals surface area contributed by atoms with E-state index in [2.05, 4.69) is 25.9 Å². The van der Waals surface area contributed by atoms with Gasteiger partial charge in [0.25, 0.3) is 0 Å². The van der Waals surface area contributed by atoms with Crippen molar-refractivity contribution in [2.45, 2.75) is 6.42 Å². The summed E-state index contributed by atoms with van der Waals surface area (Å²) in [7, 11) is 0. The van der Waals surface area contributed by atoms with Gasteiger partial charge in [0.05, 0.1) is 29.5 Å². The molecule has 1 aliphatic heterocycles. The van der Waals surface area contributed by atoms with Gasteiger partial charge in [0.15, 0.2) is 0 Å². The van der Waals surface area contributed by atoms with Gasteiger partial charge < -0.3 is 10.0 Å². The molecule has 3 rings (SSSR count). The number of carboxylic acid groups (broad SMARTS) is 1. The maximum Gasteiger partial charge on any atom is 0.407 e. The van der Waals surface area contributed by atoms with Crippen molar-refractivity contribution in [3.8, 4) is 0 Å². The minimum Gasteiger partial charge on any atom is -0.465 e. The van der Waals surface area contributed by atoms with Crippen molar-refractivity contribution in [2.75, 3.05) is 13.1 Å². The van der Waals surface area contributed by atoms with E-state index in [1.807, 2.05) is 24.3 Å². The maximum atomic E-state index is 11.0. The molecule has 0 unspecified atom stereocenters. The van der Waals surface area contributed by atoms with Gasteiger partial charge in [0.2, 0.25) is 0 Å². The molecule has 5 nitrogen and oxygen atoms in total. The molecule has 1 amide bonds. The minimum atomic E-state index is -0.896. The third-order valence-electron chi connectivity index (χ3n) is 3.25. The molecule has 0 atom stereocenters. The Morgan fingerprint density at radius 2 is 2.20 bits per heavy atom. The smallest absolute Gasteiger partial charge is 0.407 e. The van der Waals surface area contributed by atoms with Crippen molar-refractivity contribution in [1.29, 1.82) is 0 Å². The molecule has 0 fully saturated rings.